The number of rotatable bonds is 6. The van der Waals surface area contributed by atoms with Crippen LogP contribution in [0.25, 0.3) is 5.57 Å². The third kappa shape index (κ3) is 4.83. The van der Waals surface area contributed by atoms with Gasteiger partial charge in [0.05, 0.1) is 24.2 Å². The van der Waals surface area contributed by atoms with Crippen molar-refractivity contribution in [3.8, 4) is 0 Å². The first-order chi connectivity index (χ1) is 12.5. The lowest BCUT2D eigenvalue weighted by atomic mass is 10.0. The predicted molar refractivity (Wildman–Crippen MR) is 96.4 cm³/mol. The molecule has 0 unspecified atom stereocenters. The highest BCUT2D eigenvalue weighted by atomic mass is 32.1. The van der Waals surface area contributed by atoms with Gasteiger partial charge >= 0.3 is 12.1 Å². The molecule has 0 spiro atoms. The van der Waals surface area contributed by atoms with Crippen molar-refractivity contribution in [3.05, 3.63) is 51.7 Å². The number of halogens is 3. The summed E-state index contributed by atoms with van der Waals surface area (Å²) in [6, 6.07) is 0. The molecule has 27 heavy (non-hydrogen) atoms. The lowest BCUT2D eigenvalue weighted by Gasteiger charge is -2.23. The van der Waals surface area contributed by atoms with E-state index in [9.17, 15) is 18.0 Å². The first kappa shape index (κ1) is 20.8. The van der Waals surface area contributed by atoms with Crippen molar-refractivity contribution >= 4 is 22.9 Å². The highest BCUT2D eigenvalue weighted by Crippen LogP contribution is 2.35. The van der Waals surface area contributed by atoms with E-state index in [1.807, 2.05) is 0 Å². The number of alkyl halides is 3. The molecule has 0 amide bonds. The number of hydrazine groups is 1. The van der Waals surface area contributed by atoms with E-state index in [1.54, 1.807) is 17.1 Å². The van der Waals surface area contributed by atoms with Gasteiger partial charge in [0.25, 0.3) is 0 Å². The molecule has 1 aromatic heterocycles. The van der Waals surface area contributed by atoms with E-state index in [4.69, 9.17) is 5.11 Å². The van der Waals surface area contributed by atoms with Crippen LogP contribution < -0.4 is 0 Å². The van der Waals surface area contributed by atoms with Crippen molar-refractivity contribution in [2.24, 2.45) is 0 Å². The molecule has 0 aliphatic carbocycles. The molecule has 0 bridgehead atoms. The van der Waals surface area contributed by atoms with Crippen LogP contribution in [-0.4, -0.2) is 51.1 Å². The minimum absolute atomic E-state index is 0.0188. The van der Waals surface area contributed by atoms with Gasteiger partial charge in [-0.2, -0.15) is 13.2 Å². The van der Waals surface area contributed by atoms with Gasteiger partial charge in [-0.1, -0.05) is 30.1 Å². The quantitative estimate of drug-likeness (QED) is 0.736. The van der Waals surface area contributed by atoms with Gasteiger partial charge in [0.15, 0.2) is 0 Å². The van der Waals surface area contributed by atoms with Gasteiger partial charge in [0.2, 0.25) is 0 Å². The number of hydrogen-bond acceptors (Lipinski definition) is 6. The average Bonchev–Trinajstić information content (AvgIpc) is 3.18. The molecule has 6 nitrogen and oxygen atoms in total. The number of nitrogens with zero attached hydrogens (tertiary/aromatic N) is 4. The van der Waals surface area contributed by atoms with Crippen molar-refractivity contribution in [1.82, 2.24) is 20.2 Å². The maximum absolute atomic E-state index is 13.2. The number of carboxylic acids is 1. The van der Waals surface area contributed by atoms with Gasteiger partial charge in [0.1, 0.15) is 10.0 Å². The number of likely N-dealkylation sites (N-methyl/N-ethyl adjacent to an activating group) is 1. The van der Waals surface area contributed by atoms with Crippen LogP contribution in [0.5, 0.6) is 0 Å². The Labute approximate surface area is 158 Å². The molecule has 1 aromatic rings. The van der Waals surface area contributed by atoms with E-state index in [0.717, 1.165) is 17.4 Å². The van der Waals surface area contributed by atoms with E-state index in [2.05, 4.69) is 16.8 Å². The van der Waals surface area contributed by atoms with Crippen LogP contribution in [0.3, 0.4) is 0 Å². The average molecular weight is 400 g/mol. The van der Waals surface area contributed by atoms with Gasteiger partial charge < -0.3 is 10.1 Å². The van der Waals surface area contributed by atoms with Crippen molar-refractivity contribution in [3.63, 3.8) is 0 Å². The molecular formula is C17H19F3N4O2S. The molecule has 0 fully saturated rings. The fraction of sp³-hybridized carbons (Fsp3) is 0.353. The summed E-state index contributed by atoms with van der Waals surface area (Å²) in [5.41, 5.74) is -0.401. The van der Waals surface area contributed by atoms with Crippen LogP contribution in [0.4, 0.5) is 13.2 Å². The Balaban J connectivity index is 2.22. The Morgan fingerprint density at radius 2 is 2.11 bits per heavy atom. The summed E-state index contributed by atoms with van der Waals surface area (Å²) in [7, 11) is 1.73. The van der Waals surface area contributed by atoms with E-state index in [0.29, 0.717) is 5.01 Å². The van der Waals surface area contributed by atoms with Gasteiger partial charge in [-0.3, -0.25) is 0 Å². The van der Waals surface area contributed by atoms with Crippen molar-refractivity contribution in [2.75, 3.05) is 13.6 Å². The molecule has 2 heterocycles. The lowest BCUT2D eigenvalue weighted by molar-refractivity contribution is -0.132. The first-order valence-corrected chi connectivity index (χ1v) is 8.70. The van der Waals surface area contributed by atoms with Gasteiger partial charge in [-0.25, -0.2) is 9.80 Å². The molecule has 0 aromatic carbocycles. The molecule has 0 saturated carbocycles. The van der Waals surface area contributed by atoms with Crippen LogP contribution in [0.1, 0.15) is 23.9 Å². The number of aromatic nitrogens is 2. The van der Waals surface area contributed by atoms with E-state index < -0.39 is 17.7 Å². The zero-order chi connectivity index (χ0) is 20.4. The topological polar surface area (TPSA) is 69.6 Å². The van der Waals surface area contributed by atoms with Crippen molar-refractivity contribution in [2.45, 2.75) is 26.6 Å². The smallest absolute Gasteiger partial charge is 0.416 e. The summed E-state index contributed by atoms with van der Waals surface area (Å²) < 4.78 is 39.6. The normalized spacial score (nSPS) is 16.7. The monoisotopic (exact) mass is 400 g/mol. The zero-order valence-corrected chi connectivity index (χ0v) is 15.9. The fourth-order valence-electron chi connectivity index (χ4n) is 2.45. The fourth-order valence-corrected chi connectivity index (χ4v) is 3.31. The molecule has 1 aliphatic heterocycles. The zero-order valence-electron chi connectivity index (χ0n) is 15.0. The van der Waals surface area contributed by atoms with Gasteiger partial charge in [-0.05, 0) is 19.4 Å². The number of allylic oxidation sites excluding steroid dienone is 5. The Morgan fingerprint density at radius 3 is 2.63 bits per heavy atom. The highest BCUT2D eigenvalue weighted by Gasteiger charge is 2.34. The van der Waals surface area contributed by atoms with Crippen LogP contribution in [-0.2, 0) is 11.3 Å². The molecule has 1 N–H and O–H groups in total. The summed E-state index contributed by atoms with van der Waals surface area (Å²) in [6.45, 7) is 7.12. The Kier molecular flexibility index (Phi) is 6.22. The van der Waals surface area contributed by atoms with Crippen molar-refractivity contribution in [1.29, 1.82) is 0 Å². The predicted octanol–water partition coefficient (Wildman–Crippen LogP) is 3.64. The standard InChI is InChI=1S/C17H19F3N4O2S/c1-5-6-13(17(18,19)20)10(2)11(3)15-22-21-14(27-15)9-24-8-12(16(25)26)7-23(24)4/h5-6,8H,3,7,9H2,1-2,4H3,(H,25,26)/b6-5-,13-10-. The maximum Gasteiger partial charge on any atom is 0.416 e. The number of carbonyl (C=O) groups is 1. The lowest BCUT2D eigenvalue weighted by Crippen LogP contribution is -2.31. The number of aliphatic carboxylic acids is 1. The van der Waals surface area contributed by atoms with Crippen LogP contribution in [0.2, 0.25) is 0 Å². The summed E-state index contributed by atoms with van der Waals surface area (Å²) in [6.07, 6.45) is -0.679. The SMILES string of the molecule is C=C(/C(C)=C(/C=C\C)C(F)(F)F)c1nnc(CN2C=C(C(=O)O)CN2C)s1. The molecular weight excluding hydrogens is 381 g/mol. The molecule has 0 saturated heterocycles. The summed E-state index contributed by atoms with van der Waals surface area (Å²) in [4.78, 5) is 11.1. The molecule has 0 atom stereocenters. The maximum atomic E-state index is 13.2. The molecule has 146 valence electrons. The second kappa shape index (κ2) is 8.05. The third-order valence-corrected chi connectivity index (χ3v) is 4.90. The second-order valence-corrected chi connectivity index (χ2v) is 6.95. The molecule has 0 radical (unpaired) electrons. The van der Waals surface area contributed by atoms with E-state index in [1.165, 1.54) is 26.1 Å². The Bertz CT molecular complexity index is 839. The summed E-state index contributed by atoms with van der Waals surface area (Å²) >= 11 is 1.12. The summed E-state index contributed by atoms with van der Waals surface area (Å²) in [5, 5.41) is 21.2. The molecule has 2 rings (SSSR count). The highest BCUT2D eigenvalue weighted by molar-refractivity contribution is 7.12. The van der Waals surface area contributed by atoms with Crippen molar-refractivity contribution < 1.29 is 23.1 Å². The third-order valence-electron chi connectivity index (χ3n) is 3.93. The summed E-state index contributed by atoms with van der Waals surface area (Å²) in [5.74, 6) is -1.000. The van der Waals surface area contributed by atoms with Crippen LogP contribution in [0.15, 0.2) is 41.7 Å². The second-order valence-electron chi connectivity index (χ2n) is 5.89. The Morgan fingerprint density at radius 1 is 1.44 bits per heavy atom. The van der Waals surface area contributed by atoms with Gasteiger partial charge in [-0.15, -0.1) is 10.2 Å². The minimum Gasteiger partial charge on any atom is -0.478 e. The molecule has 10 heteroatoms. The first-order valence-electron chi connectivity index (χ1n) is 7.89. The van der Waals surface area contributed by atoms with Gasteiger partial charge in [0, 0.05) is 18.8 Å². The van der Waals surface area contributed by atoms with E-state index >= 15 is 0 Å². The minimum atomic E-state index is -4.50. The van der Waals surface area contributed by atoms with Crippen LogP contribution in [0, 0.1) is 0 Å². The largest absolute Gasteiger partial charge is 0.478 e. The molecule has 1 aliphatic rings. The van der Waals surface area contributed by atoms with Crippen LogP contribution >= 0.6 is 11.3 Å². The Hall–Kier alpha value is -2.46. The van der Waals surface area contributed by atoms with E-state index in [-0.39, 0.29) is 34.8 Å². The number of hydrogen-bond donors (Lipinski definition) is 1. The number of carboxylic acid groups (broad SMARTS) is 1.